The summed E-state index contributed by atoms with van der Waals surface area (Å²) < 4.78 is 0. The first-order valence-corrected chi connectivity index (χ1v) is 4.57. The highest BCUT2D eigenvalue weighted by atomic mass is 16.4. The summed E-state index contributed by atoms with van der Waals surface area (Å²) >= 11 is 0. The Morgan fingerprint density at radius 1 is 1.23 bits per heavy atom. The standard InChI is InChI=1S/C9H14O4/c10-8(11)7(9(12)13)5-4-6-2-1-3-6/h6-7H,1-5H2,(H,10,11)(H,12,13). The molecule has 0 aromatic heterocycles. The molecule has 0 spiro atoms. The topological polar surface area (TPSA) is 74.6 Å². The van der Waals surface area contributed by atoms with Gasteiger partial charge in [-0.25, -0.2) is 0 Å². The van der Waals surface area contributed by atoms with Crippen LogP contribution in [0.1, 0.15) is 32.1 Å². The molecule has 0 aliphatic heterocycles. The summed E-state index contributed by atoms with van der Waals surface area (Å²) in [6, 6.07) is 0. The third-order valence-electron chi connectivity index (χ3n) is 2.68. The van der Waals surface area contributed by atoms with Gasteiger partial charge in [-0.2, -0.15) is 0 Å². The van der Waals surface area contributed by atoms with Crippen molar-refractivity contribution < 1.29 is 19.8 Å². The largest absolute Gasteiger partial charge is 0.481 e. The van der Waals surface area contributed by atoms with Gasteiger partial charge in [-0.3, -0.25) is 9.59 Å². The Morgan fingerprint density at radius 3 is 2.08 bits per heavy atom. The van der Waals surface area contributed by atoms with Crippen LogP contribution in [0.15, 0.2) is 0 Å². The molecule has 1 rings (SSSR count). The van der Waals surface area contributed by atoms with Crippen LogP contribution >= 0.6 is 0 Å². The smallest absolute Gasteiger partial charge is 0.317 e. The summed E-state index contributed by atoms with van der Waals surface area (Å²) in [5, 5.41) is 17.1. The summed E-state index contributed by atoms with van der Waals surface area (Å²) in [5.74, 6) is -3.07. The molecule has 1 aliphatic rings. The fraction of sp³-hybridized carbons (Fsp3) is 0.778. The quantitative estimate of drug-likeness (QED) is 0.635. The highest BCUT2D eigenvalue weighted by Gasteiger charge is 2.27. The van der Waals surface area contributed by atoms with Crippen molar-refractivity contribution in [1.29, 1.82) is 0 Å². The molecule has 74 valence electrons. The molecule has 0 radical (unpaired) electrons. The monoisotopic (exact) mass is 186 g/mol. The molecule has 4 nitrogen and oxygen atoms in total. The minimum atomic E-state index is -1.22. The molecule has 0 saturated heterocycles. The number of carboxylic acids is 2. The lowest BCUT2D eigenvalue weighted by Crippen LogP contribution is -2.25. The second-order valence-electron chi connectivity index (χ2n) is 3.60. The van der Waals surface area contributed by atoms with Crippen molar-refractivity contribution in [2.75, 3.05) is 0 Å². The van der Waals surface area contributed by atoms with Gasteiger partial charge in [0.15, 0.2) is 5.92 Å². The third-order valence-corrected chi connectivity index (χ3v) is 2.68. The summed E-state index contributed by atoms with van der Waals surface area (Å²) in [5.41, 5.74) is 0. The summed E-state index contributed by atoms with van der Waals surface area (Å²) in [7, 11) is 0. The van der Waals surface area contributed by atoms with Crippen molar-refractivity contribution in [2.45, 2.75) is 32.1 Å². The second kappa shape index (κ2) is 4.25. The van der Waals surface area contributed by atoms with Gasteiger partial charge in [0.2, 0.25) is 0 Å². The molecule has 2 N–H and O–H groups in total. The normalized spacial score (nSPS) is 17.0. The van der Waals surface area contributed by atoms with Crippen molar-refractivity contribution in [3.05, 3.63) is 0 Å². The third kappa shape index (κ3) is 2.72. The van der Waals surface area contributed by atoms with E-state index in [4.69, 9.17) is 10.2 Å². The lowest BCUT2D eigenvalue weighted by molar-refractivity contribution is -0.155. The number of rotatable bonds is 5. The molecule has 13 heavy (non-hydrogen) atoms. The molecular weight excluding hydrogens is 172 g/mol. The van der Waals surface area contributed by atoms with E-state index in [1.54, 1.807) is 0 Å². The number of aliphatic carboxylic acids is 2. The van der Waals surface area contributed by atoms with E-state index in [1.165, 1.54) is 6.42 Å². The van der Waals surface area contributed by atoms with Crippen LogP contribution in [0.4, 0.5) is 0 Å². The first-order valence-electron chi connectivity index (χ1n) is 4.57. The molecule has 1 fully saturated rings. The summed E-state index contributed by atoms with van der Waals surface area (Å²) in [4.78, 5) is 21.0. The fourth-order valence-electron chi connectivity index (χ4n) is 1.54. The minimum Gasteiger partial charge on any atom is -0.481 e. The summed E-state index contributed by atoms with van der Waals surface area (Å²) in [6.45, 7) is 0. The summed E-state index contributed by atoms with van der Waals surface area (Å²) in [6.07, 6.45) is 4.48. The van der Waals surface area contributed by atoms with E-state index in [1.807, 2.05) is 0 Å². The Hall–Kier alpha value is -1.06. The molecule has 0 aromatic carbocycles. The zero-order valence-corrected chi connectivity index (χ0v) is 7.40. The van der Waals surface area contributed by atoms with Gasteiger partial charge < -0.3 is 10.2 Å². The van der Waals surface area contributed by atoms with Gasteiger partial charge in [-0.1, -0.05) is 19.3 Å². The second-order valence-corrected chi connectivity index (χ2v) is 3.60. The molecule has 4 heteroatoms. The van der Waals surface area contributed by atoms with E-state index in [-0.39, 0.29) is 6.42 Å². The van der Waals surface area contributed by atoms with Gasteiger partial charge in [-0.05, 0) is 18.8 Å². The van der Waals surface area contributed by atoms with E-state index in [9.17, 15) is 9.59 Å². The lowest BCUT2D eigenvalue weighted by Gasteiger charge is -2.25. The Morgan fingerprint density at radius 2 is 1.77 bits per heavy atom. The number of hydrogen-bond donors (Lipinski definition) is 2. The zero-order valence-electron chi connectivity index (χ0n) is 7.40. The predicted molar refractivity (Wildman–Crippen MR) is 45.3 cm³/mol. The van der Waals surface area contributed by atoms with E-state index in [0.717, 1.165) is 19.3 Å². The van der Waals surface area contributed by atoms with E-state index >= 15 is 0 Å². The molecule has 1 aliphatic carbocycles. The van der Waals surface area contributed by atoms with Crippen molar-refractivity contribution >= 4 is 11.9 Å². The van der Waals surface area contributed by atoms with Crippen LogP contribution in [0.25, 0.3) is 0 Å². The Balaban J connectivity index is 2.29. The van der Waals surface area contributed by atoms with Gasteiger partial charge in [0.25, 0.3) is 0 Å². The van der Waals surface area contributed by atoms with Gasteiger partial charge in [0, 0.05) is 0 Å². The lowest BCUT2D eigenvalue weighted by atomic mass is 9.80. The maximum absolute atomic E-state index is 10.5. The SMILES string of the molecule is O=C(O)C(CCC1CCC1)C(=O)O. The first-order chi connectivity index (χ1) is 6.11. The molecule has 0 unspecified atom stereocenters. The van der Waals surface area contributed by atoms with Gasteiger partial charge in [0.1, 0.15) is 0 Å². The maximum atomic E-state index is 10.5. The van der Waals surface area contributed by atoms with Crippen LogP contribution in [-0.4, -0.2) is 22.2 Å². The predicted octanol–water partition coefficient (Wildman–Crippen LogP) is 1.35. The van der Waals surface area contributed by atoms with E-state index < -0.39 is 17.9 Å². The average molecular weight is 186 g/mol. The van der Waals surface area contributed by atoms with E-state index in [2.05, 4.69) is 0 Å². The Bertz CT molecular complexity index is 194. The van der Waals surface area contributed by atoms with Crippen molar-refractivity contribution in [3.8, 4) is 0 Å². The number of hydrogen-bond acceptors (Lipinski definition) is 2. The highest BCUT2D eigenvalue weighted by molar-refractivity contribution is 5.92. The molecular formula is C9H14O4. The Labute approximate surface area is 76.6 Å². The molecule has 0 atom stereocenters. The van der Waals surface area contributed by atoms with Crippen LogP contribution in [0.5, 0.6) is 0 Å². The van der Waals surface area contributed by atoms with Crippen molar-refractivity contribution in [2.24, 2.45) is 11.8 Å². The zero-order chi connectivity index (χ0) is 9.84. The van der Waals surface area contributed by atoms with Crippen LogP contribution in [-0.2, 0) is 9.59 Å². The highest BCUT2D eigenvalue weighted by Crippen LogP contribution is 2.31. The van der Waals surface area contributed by atoms with Crippen LogP contribution in [0, 0.1) is 11.8 Å². The molecule has 0 heterocycles. The Kier molecular flexibility index (Phi) is 3.28. The van der Waals surface area contributed by atoms with Gasteiger partial charge >= 0.3 is 11.9 Å². The molecule has 1 saturated carbocycles. The van der Waals surface area contributed by atoms with Gasteiger partial charge in [-0.15, -0.1) is 0 Å². The number of carboxylic acid groups (broad SMARTS) is 2. The van der Waals surface area contributed by atoms with Crippen molar-refractivity contribution in [3.63, 3.8) is 0 Å². The van der Waals surface area contributed by atoms with Gasteiger partial charge in [0.05, 0.1) is 0 Å². The van der Waals surface area contributed by atoms with Crippen molar-refractivity contribution in [1.82, 2.24) is 0 Å². The number of carbonyl (C=O) groups is 2. The minimum absolute atomic E-state index is 0.273. The van der Waals surface area contributed by atoms with Crippen LogP contribution in [0.3, 0.4) is 0 Å². The average Bonchev–Trinajstić information content (AvgIpc) is 1.92. The molecule has 0 bridgehead atoms. The maximum Gasteiger partial charge on any atom is 0.317 e. The molecule has 0 amide bonds. The van der Waals surface area contributed by atoms with Crippen LogP contribution < -0.4 is 0 Å². The van der Waals surface area contributed by atoms with Crippen LogP contribution in [0.2, 0.25) is 0 Å². The molecule has 0 aromatic rings. The first kappa shape index (κ1) is 10.0. The fourth-order valence-corrected chi connectivity index (χ4v) is 1.54. The van der Waals surface area contributed by atoms with E-state index in [0.29, 0.717) is 5.92 Å².